The Hall–Kier alpha value is -2.48. The summed E-state index contributed by atoms with van der Waals surface area (Å²) in [6.45, 7) is 0. The van der Waals surface area contributed by atoms with Crippen LogP contribution in [0.2, 0.25) is 0 Å². The van der Waals surface area contributed by atoms with E-state index < -0.39 is 11.7 Å². The average Bonchev–Trinajstić information content (AvgIpc) is 2.55. The third kappa shape index (κ3) is 3.70. The van der Waals surface area contributed by atoms with Gasteiger partial charge in [0.05, 0.1) is 17.8 Å². The number of benzene rings is 1. The third-order valence-corrected chi connectivity index (χ3v) is 4.19. The van der Waals surface area contributed by atoms with E-state index in [4.69, 9.17) is 0 Å². The molecule has 3 rings (SSSR count). The van der Waals surface area contributed by atoms with Gasteiger partial charge in [0.1, 0.15) is 5.03 Å². The molecule has 0 saturated heterocycles. The first-order valence-corrected chi connectivity index (χ1v) is 8.01. The van der Waals surface area contributed by atoms with Crippen molar-refractivity contribution >= 4 is 35.0 Å². The maximum absolute atomic E-state index is 12.5. The van der Waals surface area contributed by atoms with Gasteiger partial charge in [0.15, 0.2) is 0 Å². The minimum Gasteiger partial charge on any atom is -0.326 e. The van der Waals surface area contributed by atoms with Crippen molar-refractivity contribution in [1.82, 2.24) is 4.98 Å². The highest BCUT2D eigenvalue weighted by molar-refractivity contribution is 7.99. The van der Waals surface area contributed by atoms with Crippen molar-refractivity contribution in [3.8, 4) is 0 Å². The van der Waals surface area contributed by atoms with Crippen LogP contribution in [-0.4, -0.2) is 22.6 Å². The van der Waals surface area contributed by atoms with E-state index in [-0.39, 0.29) is 23.3 Å². The molecule has 2 amide bonds. The molecule has 2 heterocycles. The van der Waals surface area contributed by atoms with Gasteiger partial charge in [-0.25, -0.2) is 4.98 Å². The molecule has 0 saturated carbocycles. The summed E-state index contributed by atoms with van der Waals surface area (Å²) in [6, 6.07) is 10.0. The minimum atomic E-state index is -2.55. The van der Waals surface area contributed by atoms with Gasteiger partial charge in [-0.15, -0.1) is 0 Å². The fourth-order valence-electron chi connectivity index (χ4n) is 2.49. The van der Waals surface area contributed by atoms with E-state index in [9.17, 15) is 18.4 Å². The summed E-state index contributed by atoms with van der Waals surface area (Å²) in [5.74, 6) is -3.72. The Balaban J connectivity index is 1.74. The van der Waals surface area contributed by atoms with Crippen molar-refractivity contribution in [2.24, 2.45) is 0 Å². The summed E-state index contributed by atoms with van der Waals surface area (Å²) in [4.78, 5) is 28.1. The van der Waals surface area contributed by atoms with Crippen LogP contribution in [0.4, 0.5) is 20.2 Å². The van der Waals surface area contributed by atoms with Crippen molar-refractivity contribution in [3.63, 3.8) is 0 Å². The molecule has 0 aliphatic carbocycles. The van der Waals surface area contributed by atoms with E-state index in [2.05, 4.69) is 15.6 Å². The highest BCUT2D eigenvalue weighted by Gasteiger charge is 2.30. The quantitative estimate of drug-likeness (QED) is 0.830. The first-order chi connectivity index (χ1) is 11.5. The number of fused-ring (bicyclic) bond motifs is 1. The number of halogens is 2. The van der Waals surface area contributed by atoms with Crippen molar-refractivity contribution in [1.29, 1.82) is 0 Å². The second-order valence-electron chi connectivity index (χ2n) is 5.15. The van der Waals surface area contributed by atoms with Crippen LogP contribution in [0.15, 0.2) is 47.6 Å². The molecule has 2 aromatic rings. The molecule has 24 heavy (non-hydrogen) atoms. The summed E-state index contributed by atoms with van der Waals surface area (Å²) in [5.41, 5.74) is 1.75. The lowest BCUT2D eigenvalue weighted by Gasteiger charge is -2.24. The monoisotopic (exact) mass is 349 g/mol. The first kappa shape index (κ1) is 16.4. The number of rotatable bonds is 4. The normalized spacial score (nSPS) is 16.5. The van der Waals surface area contributed by atoms with Crippen LogP contribution >= 0.6 is 11.8 Å². The Morgan fingerprint density at radius 3 is 2.79 bits per heavy atom. The zero-order chi connectivity index (χ0) is 17.1. The van der Waals surface area contributed by atoms with E-state index in [1.165, 1.54) is 18.3 Å². The van der Waals surface area contributed by atoms with Crippen molar-refractivity contribution < 1.29 is 18.4 Å². The number of pyridine rings is 1. The van der Waals surface area contributed by atoms with Crippen LogP contribution in [0.5, 0.6) is 0 Å². The Morgan fingerprint density at radius 1 is 1.29 bits per heavy atom. The maximum Gasteiger partial charge on any atom is 0.290 e. The van der Waals surface area contributed by atoms with Gasteiger partial charge in [0, 0.05) is 12.1 Å². The highest BCUT2D eigenvalue weighted by atomic mass is 32.2. The number of aromatic nitrogens is 1. The zero-order valence-electron chi connectivity index (χ0n) is 12.3. The number of amides is 2. The van der Waals surface area contributed by atoms with Crippen LogP contribution < -0.4 is 10.6 Å². The van der Waals surface area contributed by atoms with Crippen molar-refractivity contribution in [2.45, 2.75) is 23.1 Å². The molecule has 0 bridgehead atoms. The third-order valence-electron chi connectivity index (χ3n) is 3.53. The fourth-order valence-corrected chi connectivity index (χ4v) is 2.93. The standard InChI is InChI=1S/C16H13F2N3O2S/c17-16(18)24-14-6-5-9(8-19-14)20-15(23)11-7-13(22)21-12-4-2-1-3-10(11)12/h1-6,8,11,16H,7H2,(H,20,23)(H,21,22). The molecule has 0 spiro atoms. The Labute approximate surface area is 140 Å². The lowest BCUT2D eigenvalue weighted by molar-refractivity contribution is -0.123. The van der Waals surface area contributed by atoms with E-state index in [0.717, 1.165) is 5.56 Å². The molecule has 1 aliphatic heterocycles. The van der Waals surface area contributed by atoms with Gasteiger partial charge >= 0.3 is 0 Å². The largest absolute Gasteiger partial charge is 0.326 e. The molecule has 1 aromatic heterocycles. The molecule has 0 fully saturated rings. The Bertz CT molecular complexity index is 768. The number of nitrogens with zero attached hydrogens (tertiary/aromatic N) is 1. The molecule has 1 atom stereocenters. The molecule has 0 radical (unpaired) electrons. The molecule has 2 N–H and O–H groups in total. The van der Waals surface area contributed by atoms with Crippen molar-refractivity contribution in [2.75, 3.05) is 10.6 Å². The van der Waals surface area contributed by atoms with E-state index in [1.807, 2.05) is 0 Å². The summed E-state index contributed by atoms with van der Waals surface area (Å²) >= 11 is 0.335. The number of para-hydroxylation sites is 1. The lowest BCUT2D eigenvalue weighted by Crippen LogP contribution is -2.30. The average molecular weight is 349 g/mol. The second kappa shape index (κ2) is 6.96. The van der Waals surface area contributed by atoms with Gasteiger partial charge in [-0.3, -0.25) is 9.59 Å². The number of thioether (sulfide) groups is 1. The molecule has 8 heteroatoms. The molecular weight excluding hydrogens is 336 g/mol. The van der Waals surface area contributed by atoms with Crippen molar-refractivity contribution in [3.05, 3.63) is 48.2 Å². The predicted octanol–water partition coefficient (Wildman–Crippen LogP) is 3.46. The summed E-state index contributed by atoms with van der Waals surface area (Å²) in [6.07, 6.45) is 1.37. The Kier molecular flexibility index (Phi) is 4.75. The van der Waals surface area contributed by atoms with E-state index in [0.29, 0.717) is 23.1 Å². The second-order valence-corrected chi connectivity index (χ2v) is 6.16. The summed E-state index contributed by atoms with van der Waals surface area (Å²) in [5, 5.41) is 5.58. The predicted molar refractivity (Wildman–Crippen MR) is 87.2 cm³/mol. The van der Waals surface area contributed by atoms with Crippen LogP contribution in [0.1, 0.15) is 17.9 Å². The minimum absolute atomic E-state index is 0.0512. The number of hydrogen-bond acceptors (Lipinski definition) is 4. The maximum atomic E-state index is 12.5. The van der Waals surface area contributed by atoms with Crippen LogP contribution in [-0.2, 0) is 9.59 Å². The molecule has 1 aromatic carbocycles. The molecular formula is C16H13F2N3O2S. The van der Waals surface area contributed by atoms with E-state index >= 15 is 0 Å². The number of anilines is 2. The summed E-state index contributed by atoms with van der Waals surface area (Å²) in [7, 11) is 0. The number of alkyl halides is 2. The number of carbonyl (C=O) groups is 2. The number of nitrogens with one attached hydrogen (secondary N) is 2. The lowest BCUT2D eigenvalue weighted by atomic mass is 9.90. The molecule has 5 nitrogen and oxygen atoms in total. The van der Waals surface area contributed by atoms with Gasteiger partial charge in [-0.2, -0.15) is 8.78 Å². The van der Waals surface area contributed by atoms with Crippen LogP contribution in [0.3, 0.4) is 0 Å². The SMILES string of the molecule is O=C1CC(C(=O)Nc2ccc(SC(F)F)nc2)c2ccccc2N1. The molecule has 1 unspecified atom stereocenters. The van der Waals surface area contributed by atoms with Crippen LogP contribution in [0, 0.1) is 0 Å². The Morgan fingerprint density at radius 2 is 2.08 bits per heavy atom. The first-order valence-electron chi connectivity index (χ1n) is 7.13. The van der Waals surface area contributed by atoms with Gasteiger partial charge in [0.25, 0.3) is 5.76 Å². The van der Waals surface area contributed by atoms with Gasteiger partial charge in [-0.1, -0.05) is 18.2 Å². The molecule has 124 valence electrons. The molecule has 1 aliphatic rings. The fraction of sp³-hybridized carbons (Fsp3) is 0.188. The van der Waals surface area contributed by atoms with Gasteiger partial charge in [-0.05, 0) is 35.5 Å². The summed E-state index contributed by atoms with van der Waals surface area (Å²) < 4.78 is 24.5. The topological polar surface area (TPSA) is 71.1 Å². The number of hydrogen-bond donors (Lipinski definition) is 2. The number of carbonyl (C=O) groups excluding carboxylic acids is 2. The smallest absolute Gasteiger partial charge is 0.290 e. The zero-order valence-corrected chi connectivity index (χ0v) is 13.1. The van der Waals surface area contributed by atoms with E-state index in [1.54, 1.807) is 24.3 Å². The van der Waals surface area contributed by atoms with Crippen LogP contribution in [0.25, 0.3) is 0 Å². The van der Waals surface area contributed by atoms with Gasteiger partial charge < -0.3 is 10.6 Å². The van der Waals surface area contributed by atoms with Gasteiger partial charge in [0.2, 0.25) is 11.8 Å². The highest BCUT2D eigenvalue weighted by Crippen LogP contribution is 2.33.